The van der Waals surface area contributed by atoms with E-state index in [1.807, 2.05) is 19.1 Å². The average Bonchev–Trinajstić information content (AvgIpc) is 2.45. The van der Waals surface area contributed by atoms with Gasteiger partial charge in [0.1, 0.15) is 5.82 Å². The Kier molecular flexibility index (Phi) is 7.80. The maximum absolute atomic E-state index is 11.1. The summed E-state index contributed by atoms with van der Waals surface area (Å²) in [6.07, 6.45) is 7.83. The van der Waals surface area contributed by atoms with Gasteiger partial charge in [0.15, 0.2) is 0 Å². The molecule has 118 valence electrons. The molecule has 0 amide bonds. The first kappa shape index (κ1) is 17.5. The van der Waals surface area contributed by atoms with Crippen LogP contribution in [0.4, 0.5) is 5.82 Å². The number of hydrogen-bond donors (Lipinski definition) is 1. The van der Waals surface area contributed by atoms with E-state index in [0.29, 0.717) is 6.54 Å². The summed E-state index contributed by atoms with van der Waals surface area (Å²) in [5.74, 6) is -0.250. The third kappa shape index (κ3) is 6.61. The second-order valence-electron chi connectivity index (χ2n) is 5.79. The summed E-state index contributed by atoms with van der Waals surface area (Å²) in [5.41, 5.74) is 1.15. The van der Waals surface area contributed by atoms with Crippen molar-refractivity contribution in [2.45, 2.75) is 52.9 Å². The zero-order valence-corrected chi connectivity index (χ0v) is 13.5. The van der Waals surface area contributed by atoms with Gasteiger partial charge in [0.2, 0.25) is 0 Å². The van der Waals surface area contributed by atoms with E-state index in [1.165, 1.54) is 25.7 Å². The molecular formula is C17H28N2O2. The normalized spacial score (nSPS) is 12.1. The Bertz CT molecular complexity index is 435. The van der Waals surface area contributed by atoms with Crippen LogP contribution in [0.25, 0.3) is 0 Å². The Hall–Kier alpha value is -1.58. The number of rotatable bonds is 10. The van der Waals surface area contributed by atoms with Crippen LogP contribution in [0.15, 0.2) is 18.3 Å². The summed E-state index contributed by atoms with van der Waals surface area (Å²) in [7, 11) is 0. The van der Waals surface area contributed by atoms with Gasteiger partial charge in [-0.1, -0.05) is 39.5 Å². The lowest BCUT2D eigenvalue weighted by Gasteiger charge is -2.25. The number of carboxylic acid groups (broad SMARTS) is 1. The minimum Gasteiger partial charge on any atom is -0.481 e. The van der Waals surface area contributed by atoms with Gasteiger partial charge in [-0.05, 0) is 31.0 Å². The standard InChI is InChI=1S/C17H28N2O2/c1-4-5-6-7-8-11-19(13-15(3)17(20)21)16-12-14(2)9-10-18-16/h9-10,12,15H,4-8,11,13H2,1-3H3,(H,20,21). The lowest BCUT2D eigenvalue weighted by atomic mass is 10.1. The minimum absolute atomic E-state index is 0.386. The lowest BCUT2D eigenvalue weighted by molar-refractivity contribution is -0.140. The Morgan fingerprint density at radius 2 is 2.05 bits per heavy atom. The summed E-state index contributed by atoms with van der Waals surface area (Å²) in [4.78, 5) is 17.6. The van der Waals surface area contributed by atoms with Crippen molar-refractivity contribution >= 4 is 11.8 Å². The molecule has 1 aromatic rings. The number of nitrogens with zero attached hydrogens (tertiary/aromatic N) is 2. The highest BCUT2D eigenvalue weighted by atomic mass is 16.4. The molecule has 1 N–H and O–H groups in total. The van der Waals surface area contributed by atoms with Gasteiger partial charge < -0.3 is 10.0 Å². The molecule has 0 radical (unpaired) electrons. The molecule has 4 heteroatoms. The highest BCUT2D eigenvalue weighted by molar-refractivity contribution is 5.70. The molecule has 1 aromatic heterocycles. The van der Waals surface area contributed by atoms with Crippen LogP contribution in [0.1, 0.15) is 51.5 Å². The van der Waals surface area contributed by atoms with E-state index in [-0.39, 0.29) is 5.92 Å². The van der Waals surface area contributed by atoms with Crippen molar-refractivity contribution in [3.63, 3.8) is 0 Å². The molecule has 0 saturated carbocycles. The first-order valence-electron chi connectivity index (χ1n) is 7.95. The number of aryl methyl sites for hydroxylation is 1. The van der Waals surface area contributed by atoms with E-state index in [1.54, 1.807) is 13.1 Å². The fraction of sp³-hybridized carbons (Fsp3) is 0.647. The maximum Gasteiger partial charge on any atom is 0.308 e. The molecule has 0 bridgehead atoms. The van der Waals surface area contributed by atoms with E-state index in [0.717, 1.165) is 24.3 Å². The van der Waals surface area contributed by atoms with Crippen LogP contribution in [0, 0.1) is 12.8 Å². The van der Waals surface area contributed by atoms with E-state index in [9.17, 15) is 4.79 Å². The quantitative estimate of drug-likeness (QED) is 0.665. The molecule has 0 saturated heterocycles. The molecule has 4 nitrogen and oxygen atoms in total. The second kappa shape index (κ2) is 9.37. The largest absolute Gasteiger partial charge is 0.481 e. The Morgan fingerprint density at radius 3 is 2.67 bits per heavy atom. The number of aromatic nitrogens is 1. The van der Waals surface area contributed by atoms with E-state index >= 15 is 0 Å². The zero-order chi connectivity index (χ0) is 15.7. The number of hydrogen-bond acceptors (Lipinski definition) is 3. The van der Waals surface area contributed by atoms with Gasteiger partial charge in [-0.3, -0.25) is 4.79 Å². The molecule has 1 heterocycles. The van der Waals surface area contributed by atoms with Crippen molar-refractivity contribution in [3.8, 4) is 0 Å². The van der Waals surface area contributed by atoms with Gasteiger partial charge in [0.25, 0.3) is 0 Å². The summed E-state index contributed by atoms with van der Waals surface area (Å²) in [6.45, 7) is 7.38. The van der Waals surface area contributed by atoms with Gasteiger partial charge in [0.05, 0.1) is 5.92 Å². The number of pyridine rings is 1. The van der Waals surface area contributed by atoms with Crippen LogP contribution in [-0.2, 0) is 4.79 Å². The van der Waals surface area contributed by atoms with Gasteiger partial charge in [-0.2, -0.15) is 0 Å². The number of carboxylic acids is 1. The number of aliphatic carboxylic acids is 1. The SMILES string of the molecule is CCCCCCCN(CC(C)C(=O)O)c1cc(C)ccn1. The summed E-state index contributed by atoms with van der Waals surface area (Å²) < 4.78 is 0. The van der Waals surface area contributed by atoms with Crippen LogP contribution >= 0.6 is 0 Å². The van der Waals surface area contributed by atoms with Crippen molar-refractivity contribution < 1.29 is 9.90 Å². The second-order valence-corrected chi connectivity index (χ2v) is 5.79. The molecule has 0 aliphatic rings. The van der Waals surface area contributed by atoms with Crippen molar-refractivity contribution in [1.82, 2.24) is 4.98 Å². The molecule has 0 aliphatic carbocycles. The van der Waals surface area contributed by atoms with Crippen LogP contribution in [-0.4, -0.2) is 29.1 Å². The number of anilines is 1. The molecule has 0 fully saturated rings. The van der Waals surface area contributed by atoms with E-state index in [4.69, 9.17) is 5.11 Å². The summed E-state index contributed by atoms with van der Waals surface area (Å²) >= 11 is 0. The predicted octanol–water partition coefficient (Wildman–Crippen LogP) is 3.89. The molecule has 1 atom stereocenters. The third-order valence-corrected chi connectivity index (χ3v) is 3.67. The van der Waals surface area contributed by atoms with Crippen molar-refractivity contribution in [1.29, 1.82) is 0 Å². The van der Waals surface area contributed by atoms with Crippen molar-refractivity contribution in [3.05, 3.63) is 23.9 Å². The smallest absolute Gasteiger partial charge is 0.308 e. The van der Waals surface area contributed by atoms with Crippen LogP contribution in [0.2, 0.25) is 0 Å². The van der Waals surface area contributed by atoms with Gasteiger partial charge in [-0.15, -0.1) is 0 Å². The average molecular weight is 292 g/mol. The minimum atomic E-state index is -0.751. The summed E-state index contributed by atoms with van der Waals surface area (Å²) in [5, 5.41) is 9.13. The first-order valence-corrected chi connectivity index (χ1v) is 7.95. The van der Waals surface area contributed by atoms with Gasteiger partial charge >= 0.3 is 5.97 Å². The van der Waals surface area contributed by atoms with Crippen LogP contribution in [0.3, 0.4) is 0 Å². The molecule has 0 aromatic carbocycles. The van der Waals surface area contributed by atoms with Crippen LogP contribution in [0.5, 0.6) is 0 Å². The van der Waals surface area contributed by atoms with Gasteiger partial charge in [0, 0.05) is 19.3 Å². The Labute approximate surface area is 128 Å². The van der Waals surface area contributed by atoms with Gasteiger partial charge in [-0.25, -0.2) is 4.98 Å². The molecular weight excluding hydrogens is 264 g/mol. The fourth-order valence-corrected chi connectivity index (χ4v) is 2.31. The summed E-state index contributed by atoms with van der Waals surface area (Å²) in [6, 6.07) is 3.99. The predicted molar refractivity (Wildman–Crippen MR) is 86.7 cm³/mol. The molecule has 0 aliphatic heterocycles. The molecule has 1 rings (SSSR count). The molecule has 0 spiro atoms. The third-order valence-electron chi connectivity index (χ3n) is 3.67. The van der Waals surface area contributed by atoms with Crippen LogP contribution < -0.4 is 4.90 Å². The zero-order valence-electron chi connectivity index (χ0n) is 13.5. The number of unbranched alkanes of at least 4 members (excludes halogenated alkanes) is 4. The monoisotopic (exact) mass is 292 g/mol. The lowest BCUT2D eigenvalue weighted by Crippen LogP contribution is -2.33. The topological polar surface area (TPSA) is 53.4 Å². The molecule has 21 heavy (non-hydrogen) atoms. The highest BCUT2D eigenvalue weighted by Crippen LogP contribution is 2.16. The van der Waals surface area contributed by atoms with E-state index < -0.39 is 5.97 Å². The highest BCUT2D eigenvalue weighted by Gasteiger charge is 2.17. The number of carbonyl (C=O) groups is 1. The Morgan fingerprint density at radius 1 is 1.33 bits per heavy atom. The molecule has 1 unspecified atom stereocenters. The fourth-order valence-electron chi connectivity index (χ4n) is 2.31. The Balaban J connectivity index is 2.63. The van der Waals surface area contributed by atoms with Crippen molar-refractivity contribution in [2.75, 3.05) is 18.0 Å². The van der Waals surface area contributed by atoms with Crippen molar-refractivity contribution in [2.24, 2.45) is 5.92 Å². The maximum atomic E-state index is 11.1. The van der Waals surface area contributed by atoms with E-state index in [2.05, 4.69) is 16.8 Å². The first-order chi connectivity index (χ1) is 10.0.